The number of benzene rings is 2. The predicted octanol–water partition coefficient (Wildman–Crippen LogP) is 2.35. The Morgan fingerprint density at radius 3 is 2.51 bits per heavy atom. The van der Waals surface area contributed by atoms with Gasteiger partial charge in [0, 0.05) is 55.6 Å². The van der Waals surface area contributed by atoms with Gasteiger partial charge >= 0.3 is 0 Å². The van der Waals surface area contributed by atoms with E-state index < -0.39 is 22.2 Å². The van der Waals surface area contributed by atoms with E-state index in [1.807, 2.05) is 67.3 Å². The van der Waals surface area contributed by atoms with E-state index in [2.05, 4.69) is 15.7 Å². The van der Waals surface area contributed by atoms with Gasteiger partial charge in [-0.2, -0.15) is 5.10 Å². The van der Waals surface area contributed by atoms with Gasteiger partial charge in [-0.05, 0) is 43.0 Å². The molecular weight excluding hydrogens is 572 g/mol. The van der Waals surface area contributed by atoms with Crippen LogP contribution < -0.4 is 14.9 Å². The second kappa shape index (κ2) is 13.8. The Kier molecular flexibility index (Phi) is 10.2. The molecule has 1 aliphatic heterocycles. The number of nitrogens with zero attached hydrogens (tertiary/aromatic N) is 4. The molecule has 12 nitrogen and oxygen atoms in total. The van der Waals surface area contributed by atoms with Crippen LogP contribution in [-0.2, 0) is 46.6 Å². The van der Waals surface area contributed by atoms with Crippen LogP contribution in [0, 0.1) is 0 Å². The number of carbonyl (C=O) groups excluding carboxylic acids is 1. The third-order valence-electron chi connectivity index (χ3n) is 7.51. The Hall–Kier alpha value is -4.20. The van der Waals surface area contributed by atoms with E-state index in [4.69, 9.17) is 9.90 Å². The number of aliphatic hydroxyl groups is 1. The van der Waals surface area contributed by atoms with E-state index in [0.717, 1.165) is 34.1 Å². The largest absolute Gasteiger partial charge is 0.483 e. The van der Waals surface area contributed by atoms with Crippen molar-refractivity contribution in [1.82, 2.24) is 25.0 Å². The molecule has 0 radical (unpaired) electrons. The summed E-state index contributed by atoms with van der Waals surface area (Å²) in [4.78, 5) is 22.0. The van der Waals surface area contributed by atoms with Crippen LogP contribution in [-0.4, -0.2) is 71.1 Å². The first-order valence-corrected chi connectivity index (χ1v) is 15.7. The third kappa shape index (κ3) is 7.24. The maximum Gasteiger partial charge on any atom is 0.290 e. The van der Waals surface area contributed by atoms with Crippen LogP contribution in [0.2, 0.25) is 0 Å². The summed E-state index contributed by atoms with van der Waals surface area (Å²) >= 11 is 0. The zero-order chi connectivity index (χ0) is 31.1. The fraction of sp³-hybridized carbons (Fsp3) is 0.367. The number of rotatable bonds is 11. The summed E-state index contributed by atoms with van der Waals surface area (Å²) in [6, 6.07) is 12.6. The molecule has 5 rings (SSSR count). The topological polar surface area (TPSA) is 159 Å². The summed E-state index contributed by atoms with van der Waals surface area (Å²) < 4.78 is 30.5. The molecule has 2 aromatic carbocycles. The van der Waals surface area contributed by atoms with Crippen molar-refractivity contribution in [3.05, 3.63) is 83.3 Å². The van der Waals surface area contributed by atoms with Gasteiger partial charge in [-0.25, -0.2) is 8.42 Å². The van der Waals surface area contributed by atoms with Gasteiger partial charge in [0.1, 0.15) is 5.88 Å². The minimum atomic E-state index is -3.56. The molecule has 0 aliphatic carbocycles. The molecule has 1 amide bonds. The van der Waals surface area contributed by atoms with Crippen molar-refractivity contribution >= 4 is 39.0 Å². The maximum absolute atomic E-state index is 13.7. The van der Waals surface area contributed by atoms with E-state index in [-0.39, 0.29) is 24.8 Å². The lowest BCUT2D eigenvalue weighted by molar-refractivity contribution is -0.122. The number of aryl methyl sites for hydroxylation is 2. The van der Waals surface area contributed by atoms with Crippen molar-refractivity contribution in [2.75, 3.05) is 17.9 Å². The zero-order valence-electron chi connectivity index (χ0n) is 24.5. The number of sulfonamides is 1. The van der Waals surface area contributed by atoms with Crippen molar-refractivity contribution in [3.63, 3.8) is 0 Å². The molecular formula is C30H38N6O6S. The summed E-state index contributed by atoms with van der Waals surface area (Å²) in [5, 5.41) is 29.5. The summed E-state index contributed by atoms with van der Waals surface area (Å²) in [5.74, 6) is -0.496. The lowest BCUT2D eigenvalue weighted by Gasteiger charge is -2.28. The van der Waals surface area contributed by atoms with Crippen molar-refractivity contribution in [3.8, 4) is 0 Å². The number of nitrogens with one attached hydrogen (secondary N) is 2. The summed E-state index contributed by atoms with van der Waals surface area (Å²) in [6.07, 6.45) is 5.88. The molecule has 2 atom stereocenters. The lowest BCUT2D eigenvalue weighted by atomic mass is 9.99. The molecule has 1 aliphatic rings. The first-order chi connectivity index (χ1) is 20.6. The second-order valence-corrected chi connectivity index (χ2v) is 12.3. The number of hydrogen-bond acceptors (Lipinski definition) is 7. The summed E-state index contributed by atoms with van der Waals surface area (Å²) in [7, 11) is -2.04. The average Bonchev–Trinajstić information content (AvgIpc) is 3.60. The molecule has 4 N–H and O–H groups in total. The minimum absolute atomic E-state index is 0.129. The van der Waals surface area contributed by atoms with Crippen LogP contribution in [0.4, 0.5) is 5.69 Å². The molecule has 0 unspecified atom stereocenters. The van der Waals surface area contributed by atoms with Gasteiger partial charge in [0.15, 0.2) is 0 Å². The first kappa shape index (κ1) is 31.7. The molecule has 4 aromatic rings. The number of aliphatic hydroxyl groups excluding tert-OH is 1. The highest BCUT2D eigenvalue weighted by Gasteiger charge is 2.31. The van der Waals surface area contributed by atoms with Gasteiger partial charge < -0.3 is 25.4 Å². The number of aromatic nitrogens is 3. The number of carbonyl (C=O) groups is 2. The normalized spacial score (nSPS) is 14.9. The number of anilines is 1. The monoisotopic (exact) mass is 610 g/mol. The average molecular weight is 611 g/mol. The molecule has 2 aromatic heterocycles. The van der Waals surface area contributed by atoms with Crippen LogP contribution in [0.25, 0.3) is 10.9 Å². The van der Waals surface area contributed by atoms with Crippen LogP contribution in [0.3, 0.4) is 0 Å². The number of amides is 1. The molecule has 0 spiro atoms. The van der Waals surface area contributed by atoms with Crippen molar-refractivity contribution < 1.29 is 28.2 Å². The SMILES string of the molecule is CCc1cn2c3c(cc(C(=O)N[C@@H](Cc4ccccc4)[C@H](O)CNCc4cnn(CC)c4)cc13)N(C)S(=O)(=O)C2.O=CO. The predicted molar refractivity (Wildman–Crippen MR) is 164 cm³/mol. The van der Waals surface area contributed by atoms with Gasteiger partial charge in [-0.3, -0.25) is 18.6 Å². The quantitative estimate of drug-likeness (QED) is 0.188. The van der Waals surface area contributed by atoms with Crippen molar-refractivity contribution in [1.29, 1.82) is 0 Å². The van der Waals surface area contributed by atoms with Gasteiger partial charge in [0.25, 0.3) is 22.4 Å². The van der Waals surface area contributed by atoms with E-state index in [1.165, 1.54) is 11.4 Å². The highest BCUT2D eigenvalue weighted by molar-refractivity contribution is 7.91. The Balaban J connectivity index is 0.00000135. The molecule has 0 bridgehead atoms. The Morgan fingerprint density at radius 2 is 1.86 bits per heavy atom. The standard InChI is InChI=1S/C29H36N6O4S.CH2O2/c1-4-22-18-34-19-40(38,39)33(3)26-13-23(12-24(22)28(26)34)29(37)32-25(11-20-9-7-6-8-10-20)27(36)16-30-14-21-15-31-35(5-2)17-21;2-1-3/h6-10,12-13,15,17-18,25,27,30,36H,4-5,11,14,16,19H2,1-3H3,(H,32,37);1H,(H,2,3)/t25-,27+;/m0./s1. The van der Waals surface area contributed by atoms with Crippen LogP contribution in [0.5, 0.6) is 0 Å². The van der Waals surface area contributed by atoms with Crippen LogP contribution >= 0.6 is 0 Å². The molecule has 3 heterocycles. The van der Waals surface area contributed by atoms with Crippen molar-refractivity contribution in [2.45, 2.75) is 57.8 Å². The molecule has 0 fully saturated rings. The van der Waals surface area contributed by atoms with Gasteiger partial charge in [-0.1, -0.05) is 37.3 Å². The summed E-state index contributed by atoms with van der Waals surface area (Å²) in [6.45, 7) is 5.37. The Morgan fingerprint density at radius 1 is 1.14 bits per heavy atom. The Bertz CT molecular complexity index is 1670. The smallest absolute Gasteiger partial charge is 0.290 e. The van der Waals surface area contributed by atoms with E-state index in [0.29, 0.717) is 30.6 Å². The number of carboxylic acid groups (broad SMARTS) is 1. The molecule has 230 valence electrons. The van der Waals surface area contributed by atoms with Gasteiger partial charge in [0.2, 0.25) is 0 Å². The molecule has 0 saturated heterocycles. The number of hydrogen-bond donors (Lipinski definition) is 4. The summed E-state index contributed by atoms with van der Waals surface area (Å²) in [5.41, 5.74) is 4.61. The first-order valence-electron chi connectivity index (χ1n) is 14.1. The third-order valence-corrected chi connectivity index (χ3v) is 9.14. The highest BCUT2D eigenvalue weighted by Crippen LogP contribution is 2.37. The second-order valence-electron chi connectivity index (χ2n) is 10.4. The van der Waals surface area contributed by atoms with Crippen LogP contribution in [0.1, 0.15) is 40.9 Å². The van der Waals surface area contributed by atoms with Crippen LogP contribution in [0.15, 0.2) is 61.1 Å². The molecule has 13 heteroatoms. The van der Waals surface area contributed by atoms with Gasteiger partial charge in [-0.15, -0.1) is 0 Å². The van der Waals surface area contributed by atoms with E-state index in [9.17, 15) is 18.3 Å². The van der Waals surface area contributed by atoms with Crippen molar-refractivity contribution in [2.24, 2.45) is 0 Å². The minimum Gasteiger partial charge on any atom is -0.483 e. The maximum atomic E-state index is 13.7. The highest BCUT2D eigenvalue weighted by atomic mass is 32.2. The van der Waals surface area contributed by atoms with Gasteiger partial charge in [0.05, 0.1) is 29.5 Å². The Labute approximate surface area is 251 Å². The zero-order valence-corrected chi connectivity index (χ0v) is 25.3. The van der Waals surface area contributed by atoms with E-state index >= 15 is 0 Å². The molecule has 0 saturated carbocycles. The lowest BCUT2D eigenvalue weighted by Crippen LogP contribution is -2.48. The molecule has 43 heavy (non-hydrogen) atoms. The fourth-order valence-electron chi connectivity index (χ4n) is 5.24. The fourth-order valence-corrected chi connectivity index (χ4v) is 6.40. The van der Waals surface area contributed by atoms with E-state index in [1.54, 1.807) is 16.8 Å².